The molecule has 3 nitrogen and oxygen atoms in total. The van der Waals surface area contributed by atoms with Crippen LogP contribution < -0.4 is 5.32 Å². The minimum atomic E-state index is -4.49. The van der Waals surface area contributed by atoms with Gasteiger partial charge in [0.25, 0.3) is 0 Å². The maximum Gasteiger partial charge on any atom is 0.446 e. The second kappa shape index (κ2) is 8.79. The van der Waals surface area contributed by atoms with Gasteiger partial charge < -0.3 is 10.2 Å². The van der Waals surface area contributed by atoms with Gasteiger partial charge in [0, 0.05) is 17.1 Å². The second-order valence-corrected chi connectivity index (χ2v) is 7.97. The van der Waals surface area contributed by atoms with Crippen LogP contribution in [0.3, 0.4) is 0 Å². The van der Waals surface area contributed by atoms with Crippen LogP contribution in [0.4, 0.5) is 36.8 Å². The van der Waals surface area contributed by atoms with E-state index in [1.54, 1.807) is 6.07 Å². The smallest absolute Gasteiger partial charge is 0.317 e. The summed E-state index contributed by atoms with van der Waals surface area (Å²) in [4.78, 5) is 14.2. The van der Waals surface area contributed by atoms with Gasteiger partial charge in [-0.05, 0) is 66.9 Å². The molecule has 0 radical (unpaired) electrons. The fourth-order valence-corrected chi connectivity index (χ4v) is 4.01. The quantitative estimate of drug-likeness (QED) is 0.402. The van der Waals surface area contributed by atoms with Gasteiger partial charge in [-0.2, -0.15) is 26.3 Å². The van der Waals surface area contributed by atoms with Crippen LogP contribution in [0.5, 0.6) is 0 Å². The maximum absolute atomic E-state index is 13.1. The second-order valence-electron chi connectivity index (χ2n) is 6.83. The van der Waals surface area contributed by atoms with E-state index < -0.39 is 29.3 Å². The van der Waals surface area contributed by atoms with Crippen LogP contribution in [-0.4, -0.2) is 23.0 Å². The Bertz CT molecular complexity index is 899. The molecule has 10 heteroatoms. The summed E-state index contributed by atoms with van der Waals surface area (Å²) in [5.74, 6) is 0. The molecule has 1 N–H and O–H groups in total. The number of piperidine rings is 1. The van der Waals surface area contributed by atoms with E-state index in [1.807, 2.05) is 0 Å². The fourth-order valence-electron chi connectivity index (χ4n) is 3.41. The zero-order valence-electron chi connectivity index (χ0n) is 15.6. The lowest BCUT2D eigenvalue weighted by Crippen LogP contribution is -2.41. The molecule has 1 fully saturated rings. The van der Waals surface area contributed by atoms with E-state index in [1.165, 1.54) is 35.2 Å². The van der Waals surface area contributed by atoms with Crippen LogP contribution in [0.1, 0.15) is 36.4 Å². The monoisotopic (exact) mass is 448 g/mol. The van der Waals surface area contributed by atoms with E-state index in [2.05, 4.69) is 5.32 Å². The number of carbonyl (C=O) groups is 1. The number of carbonyl (C=O) groups excluding carboxylic acids is 1. The van der Waals surface area contributed by atoms with E-state index in [4.69, 9.17) is 0 Å². The largest absolute Gasteiger partial charge is 0.446 e. The SMILES string of the molecule is O=C(Nc1cccc(SC(F)(F)F)c1)N1CCCCC1c1cccc(C(F)(F)F)c1. The zero-order valence-corrected chi connectivity index (χ0v) is 16.4. The molecule has 0 aliphatic carbocycles. The number of nitrogens with one attached hydrogen (secondary N) is 1. The summed E-state index contributed by atoms with van der Waals surface area (Å²) in [6.07, 6.45) is -2.55. The van der Waals surface area contributed by atoms with Crippen molar-refractivity contribution in [1.29, 1.82) is 0 Å². The van der Waals surface area contributed by atoms with Crippen molar-refractivity contribution in [1.82, 2.24) is 4.90 Å². The van der Waals surface area contributed by atoms with Crippen molar-refractivity contribution in [2.45, 2.75) is 41.9 Å². The van der Waals surface area contributed by atoms with Gasteiger partial charge in [-0.25, -0.2) is 4.79 Å². The molecule has 1 saturated heterocycles. The van der Waals surface area contributed by atoms with E-state index in [0.717, 1.165) is 18.6 Å². The first-order valence-corrected chi connectivity index (χ1v) is 9.95. The van der Waals surface area contributed by atoms with Crippen LogP contribution in [0.2, 0.25) is 0 Å². The summed E-state index contributed by atoms with van der Waals surface area (Å²) in [6, 6.07) is 9.09. The Balaban J connectivity index is 1.78. The Kier molecular flexibility index (Phi) is 6.54. The molecule has 3 rings (SSSR count). The van der Waals surface area contributed by atoms with Crippen LogP contribution in [0, 0.1) is 0 Å². The van der Waals surface area contributed by atoms with E-state index in [9.17, 15) is 31.1 Å². The van der Waals surface area contributed by atoms with Gasteiger partial charge in [0.05, 0.1) is 11.6 Å². The number of likely N-dealkylation sites (tertiary alicyclic amines) is 1. The summed E-state index contributed by atoms with van der Waals surface area (Å²) < 4.78 is 76.9. The van der Waals surface area contributed by atoms with Crippen molar-refractivity contribution in [3.05, 3.63) is 59.7 Å². The molecule has 2 amide bonds. The lowest BCUT2D eigenvalue weighted by atomic mass is 9.94. The van der Waals surface area contributed by atoms with Crippen LogP contribution in [0.15, 0.2) is 53.4 Å². The standard InChI is InChI=1S/C20H18F6N2OS/c21-19(22,23)14-6-3-5-13(11-14)17-9-1-2-10-28(17)18(29)27-15-7-4-8-16(12-15)30-20(24,25)26/h3-8,11-12,17H,1-2,9-10H2,(H,27,29). The first-order valence-electron chi connectivity index (χ1n) is 9.13. The number of thioether (sulfide) groups is 1. The van der Waals surface area contributed by atoms with Gasteiger partial charge in [-0.15, -0.1) is 0 Å². The average Bonchev–Trinajstić information content (AvgIpc) is 2.66. The van der Waals surface area contributed by atoms with Crippen LogP contribution in [0.25, 0.3) is 0 Å². The van der Waals surface area contributed by atoms with E-state index >= 15 is 0 Å². The van der Waals surface area contributed by atoms with Gasteiger partial charge >= 0.3 is 17.7 Å². The van der Waals surface area contributed by atoms with Crippen molar-refractivity contribution in [3.63, 3.8) is 0 Å². The number of anilines is 1. The molecule has 1 atom stereocenters. The molecule has 2 aromatic rings. The number of hydrogen-bond acceptors (Lipinski definition) is 2. The predicted octanol–water partition coefficient (Wildman–Crippen LogP) is 7.08. The molecule has 2 aromatic carbocycles. The molecule has 1 heterocycles. The van der Waals surface area contributed by atoms with Crippen molar-refractivity contribution in [2.24, 2.45) is 0 Å². The molecule has 0 spiro atoms. The molecule has 1 aliphatic rings. The van der Waals surface area contributed by atoms with Crippen LogP contribution in [-0.2, 0) is 6.18 Å². The van der Waals surface area contributed by atoms with Gasteiger partial charge in [0.1, 0.15) is 0 Å². The molecule has 0 aromatic heterocycles. The number of urea groups is 1. The van der Waals surface area contributed by atoms with Gasteiger partial charge in [0.15, 0.2) is 0 Å². The number of alkyl halides is 6. The number of nitrogens with zero attached hydrogens (tertiary/aromatic N) is 1. The zero-order chi connectivity index (χ0) is 21.9. The highest BCUT2D eigenvalue weighted by Crippen LogP contribution is 2.38. The minimum Gasteiger partial charge on any atom is -0.317 e. The summed E-state index contributed by atoms with van der Waals surface area (Å²) in [5.41, 5.74) is -4.68. The summed E-state index contributed by atoms with van der Waals surface area (Å²) in [5, 5.41) is 2.57. The Morgan fingerprint density at radius 3 is 2.43 bits per heavy atom. The number of benzene rings is 2. The van der Waals surface area contributed by atoms with Crippen molar-refractivity contribution < 1.29 is 31.1 Å². The number of amides is 2. The Morgan fingerprint density at radius 2 is 1.73 bits per heavy atom. The molecule has 1 unspecified atom stereocenters. The number of rotatable bonds is 3. The van der Waals surface area contributed by atoms with Crippen molar-refractivity contribution >= 4 is 23.5 Å². The Morgan fingerprint density at radius 1 is 1.00 bits per heavy atom. The van der Waals surface area contributed by atoms with Crippen molar-refractivity contribution in [3.8, 4) is 0 Å². The van der Waals surface area contributed by atoms with Gasteiger partial charge in [-0.1, -0.05) is 18.2 Å². The normalized spacial score (nSPS) is 17.7. The lowest BCUT2D eigenvalue weighted by Gasteiger charge is -2.36. The minimum absolute atomic E-state index is 0.0756. The summed E-state index contributed by atoms with van der Waals surface area (Å²) in [7, 11) is 0. The highest BCUT2D eigenvalue weighted by Gasteiger charge is 2.33. The first kappa shape index (κ1) is 22.3. The molecular weight excluding hydrogens is 430 g/mol. The topological polar surface area (TPSA) is 32.3 Å². The molecular formula is C20H18F6N2OS. The summed E-state index contributed by atoms with van der Waals surface area (Å²) >= 11 is -0.293. The third-order valence-electron chi connectivity index (χ3n) is 4.68. The Labute approximate surface area is 173 Å². The van der Waals surface area contributed by atoms with Gasteiger partial charge in [-0.3, -0.25) is 0 Å². The molecule has 0 bridgehead atoms. The number of halogens is 6. The van der Waals surface area contributed by atoms with Crippen molar-refractivity contribution in [2.75, 3.05) is 11.9 Å². The fraction of sp³-hybridized carbons (Fsp3) is 0.350. The van der Waals surface area contributed by atoms with E-state index in [0.29, 0.717) is 24.9 Å². The highest BCUT2D eigenvalue weighted by atomic mass is 32.2. The highest BCUT2D eigenvalue weighted by molar-refractivity contribution is 8.00. The first-order chi connectivity index (χ1) is 14.0. The third kappa shape index (κ3) is 5.84. The molecule has 0 saturated carbocycles. The lowest BCUT2D eigenvalue weighted by molar-refractivity contribution is -0.137. The van der Waals surface area contributed by atoms with Gasteiger partial charge in [0.2, 0.25) is 0 Å². The van der Waals surface area contributed by atoms with E-state index in [-0.39, 0.29) is 22.3 Å². The molecule has 30 heavy (non-hydrogen) atoms. The number of hydrogen-bond donors (Lipinski definition) is 1. The summed E-state index contributed by atoms with van der Waals surface area (Å²) in [6.45, 7) is 0.337. The van der Waals surface area contributed by atoms with Crippen LogP contribution >= 0.6 is 11.8 Å². The Hall–Kier alpha value is -2.36. The molecule has 162 valence electrons. The molecule has 1 aliphatic heterocycles. The predicted molar refractivity (Wildman–Crippen MR) is 102 cm³/mol. The third-order valence-corrected chi connectivity index (χ3v) is 5.40. The average molecular weight is 448 g/mol. The maximum atomic E-state index is 13.1.